The van der Waals surface area contributed by atoms with Crippen molar-refractivity contribution < 1.29 is 47.2 Å². The number of fused-ring (bicyclic) bond motifs is 1. The molecule has 2 aromatic heterocycles. The lowest BCUT2D eigenvalue weighted by Gasteiger charge is -2.18. The van der Waals surface area contributed by atoms with Gasteiger partial charge in [-0.25, -0.2) is 24.1 Å². The van der Waals surface area contributed by atoms with Crippen LogP contribution >= 0.6 is 15.6 Å². The van der Waals surface area contributed by atoms with Gasteiger partial charge >= 0.3 is 15.6 Å². The van der Waals surface area contributed by atoms with Crippen LogP contribution in [0.2, 0.25) is 0 Å². The quantitative estimate of drug-likeness (QED) is 0.311. The van der Waals surface area contributed by atoms with Gasteiger partial charge in [0.1, 0.15) is 30.2 Å². The van der Waals surface area contributed by atoms with Crippen molar-refractivity contribution in [1.82, 2.24) is 19.5 Å². The molecule has 17 heteroatoms. The molecule has 0 amide bonds. The maximum absolute atomic E-state index is 11.8. The third-order valence-corrected chi connectivity index (χ3v) is 6.61. The van der Waals surface area contributed by atoms with Crippen LogP contribution in [0.4, 0.5) is 5.82 Å². The summed E-state index contributed by atoms with van der Waals surface area (Å²) in [5.74, 6) is 0.0998. The lowest BCUT2D eigenvalue weighted by atomic mass is 10.1. The van der Waals surface area contributed by atoms with Crippen LogP contribution in [0.1, 0.15) is 13.2 Å². The fourth-order valence-electron chi connectivity index (χ4n) is 2.66. The van der Waals surface area contributed by atoms with Crippen LogP contribution in [0.3, 0.4) is 0 Å². The first-order valence-electron chi connectivity index (χ1n) is 8.15. The van der Waals surface area contributed by atoms with Gasteiger partial charge in [0.15, 0.2) is 17.7 Å². The molecule has 0 aliphatic carbocycles. The zero-order valence-electron chi connectivity index (χ0n) is 14.9. The number of aliphatic hydroxyl groups is 2. The topological polar surface area (TPSA) is 222 Å². The summed E-state index contributed by atoms with van der Waals surface area (Å²) >= 11 is 0. The zero-order chi connectivity index (χ0) is 21.4. The van der Waals surface area contributed by atoms with E-state index in [1.54, 1.807) is 0 Å². The van der Waals surface area contributed by atoms with Crippen molar-refractivity contribution in [3.8, 4) is 0 Å². The number of ether oxygens (including phenoxy) is 1. The standard InChI is InChI=1S/C12H19N5O10P2/c1-2-24-28(20,21)27-29(22,23)25-3-6-8(18)9(19)12(26-6)17-5-16-7-10(13)14-4-15-11(7)17/h4-6,8-9,12,18-19H,2-3H2,1H3,(H,20,21)(H,22,23)(H2,13,14,15). The Morgan fingerprint density at radius 1 is 1.17 bits per heavy atom. The van der Waals surface area contributed by atoms with Gasteiger partial charge < -0.3 is 30.5 Å². The second-order valence-electron chi connectivity index (χ2n) is 5.86. The van der Waals surface area contributed by atoms with Crippen LogP contribution in [0.25, 0.3) is 11.2 Å². The number of hydrogen-bond donors (Lipinski definition) is 5. The molecule has 1 aliphatic heterocycles. The Hall–Kier alpha value is -1.51. The minimum atomic E-state index is -5.04. The molecule has 6 N–H and O–H groups in total. The summed E-state index contributed by atoms with van der Waals surface area (Å²) < 4.78 is 43.1. The molecule has 2 aromatic rings. The highest BCUT2D eigenvalue weighted by Gasteiger charge is 2.46. The minimum Gasteiger partial charge on any atom is -0.387 e. The molecule has 0 aromatic carbocycles. The van der Waals surface area contributed by atoms with Gasteiger partial charge in [-0.05, 0) is 6.92 Å². The average Bonchev–Trinajstić information content (AvgIpc) is 3.16. The maximum atomic E-state index is 11.8. The Kier molecular flexibility index (Phi) is 6.36. The molecular formula is C12H19N5O10P2. The monoisotopic (exact) mass is 455 g/mol. The van der Waals surface area contributed by atoms with Crippen molar-refractivity contribution in [2.24, 2.45) is 0 Å². The van der Waals surface area contributed by atoms with Crippen molar-refractivity contribution in [3.63, 3.8) is 0 Å². The number of rotatable bonds is 8. The molecule has 1 fully saturated rings. The lowest BCUT2D eigenvalue weighted by molar-refractivity contribution is -0.0504. The SMILES string of the molecule is CCOP(=O)(O)OP(=O)(O)OCC1OC(n2cnc3c(N)ncnc32)C(O)C1O. The Labute approximate surface area is 163 Å². The van der Waals surface area contributed by atoms with Crippen LogP contribution in [0, 0.1) is 0 Å². The summed E-state index contributed by atoms with van der Waals surface area (Å²) in [7, 11) is -9.85. The number of phosphoric ester groups is 2. The van der Waals surface area contributed by atoms with E-state index < -0.39 is 46.8 Å². The van der Waals surface area contributed by atoms with Crippen molar-refractivity contribution in [3.05, 3.63) is 12.7 Å². The number of aromatic nitrogens is 4. The number of imidazole rings is 1. The van der Waals surface area contributed by atoms with E-state index in [4.69, 9.17) is 10.5 Å². The smallest absolute Gasteiger partial charge is 0.387 e. The molecular weight excluding hydrogens is 436 g/mol. The number of nitrogens with two attached hydrogens (primary N) is 1. The molecule has 162 valence electrons. The number of aliphatic hydroxyl groups excluding tert-OH is 2. The summed E-state index contributed by atoms with van der Waals surface area (Å²) in [5, 5.41) is 20.5. The second kappa shape index (κ2) is 8.32. The van der Waals surface area contributed by atoms with Gasteiger partial charge in [-0.3, -0.25) is 13.6 Å². The fourth-order valence-corrected chi connectivity index (χ4v) is 4.74. The van der Waals surface area contributed by atoms with E-state index in [9.17, 15) is 29.1 Å². The predicted octanol–water partition coefficient (Wildman–Crippen LogP) is -0.702. The summed E-state index contributed by atoms with van der Waals surface area (Å²) in [6, 6.07) is 0. The molecule has 6 unspecified atom stereocenters. The molecule has 3 heterocycles. The molecule has 29 heavy (non-hydrogen) atoms. The van der Waals surface area contributed by atoms with Crippen LogP contribution in [-0.2, 0) is 27.2 Å². The van der Waals surface area contributed by atoms with E-state index >= 15 is 0 Å². The minimum absolute atomic E-state index is 0.0998. The Morgan fingerprint density at radius 2 is 1.86 bits per heavy atom. The van der Waals surface area contributed by atoms with Crippen LogP contribution in [0.5, 0.6) is 0 Å². The highest BCUT2D eigenvalue weighted by atomic mass is 31.3. The number of anilines is 1. The Morgan fingerprint density at radius 3 is 2.55 bits per heavy atom. The van der Waals surface area contributed by atoms with Crippen LogP contribution in [-0.4, -0.2) is 71.0 Å². The van der Waals surface area contributed by atoms with Gasteiger partial charge in [0, 0.05) is 0 Å². The average molecular weight is 455 g/mol. The van der Waals surface area contributed by atoms with E-state index in [0.717, 1.165) is 0 Å². The summed E-state index contributed by atoms with van der Waals surface area (Å²) in [6.07, 6.45) is -3.04. The predicted molar refractivity (Wildman–Crippen MR) is 94.0 cm³/mol. The van der Waals surface area contributed by atoms with Gasteiger partial charge in [0.05, 0.1) is 19.5 Å². The molecule has 1 aliphatic rings. The van der Waals surface area contributed by atoms with Crippen molar-refractivity contribution in [2.45, 2.75) is 31.5 Å². The highest BCUT2D eigenvalue weighted by Crippen LogP contribution is 2.60. The van der Waals surface area contributed by atoms with Crippen molar-refractivity contribution in [2.75, 3.05) is 18.9 Å². The number of phosphoric acid groups is 2. The number of nitrogen functional groups attached to an aromatic ring is 1. The first-order chi connectivity index (χ1) is 13.5. The molecule has 3 rings (SSSR count). The third kappa shape index (κ3) is 4.81. The summed E-state index contributed by atoms with van der Waals surface area (Å²) in [5.41, 5.74) is 6.18. The molecule has 0 spiro atoms. The van der Waals surface area contributed by atoms with E-state index in [1.807, 2.05) is 0 Å². The maximum Gasteiger partial charge on any atom is 0.481 e. The largest absolute Gasteiger partial charge is 0.481 e. The zero-order valence-corrected chi connectivity index (χ0v) is 16.7. The molecule has 1 saturated heterocycles. The summed E-state index contributed by atoms with van der Waals surface area (Å²) in [4.78, 5) is 30.6. The third-order valence-electron chi connectivity index (χ3n) is 3.90. The van der Waals surface area contributed by atoms with E-state index in [2.05, 4.69) is 28.3 Å². The number of hydrogen-bond acceptors (Lipinski definition) is 12. The lowest BCUT2D eigenvalue weighted by Crippen LogP contribution is -2.33. The first-order valence-corrected chi connectivity index (χ1v) is 11.1. The molecule has 15 nitrogen and oxygen atoms in total. The highest BCUT2D eigenvalue weighted by molar-refractivity contribution is 7.61. The Balaban J connectivity index is 1.70. The normalized spacial score (nSPS) is 29.0. The van der Waals surface area contributed by atoms with E-state index in [-0.39, 0.29) is 23.6 Å². The second-order valence-corrected chi connectivity index (χ2v) is 8.91. The van der Waals surface area contributed by atoms with Crippen molar-refractivity contribution in [1.29, 1.82) is 0 Å². The van der Waals surface area contributed by atoms with Gasteiger partial charge in [0.25, 0.3) is 0 Å². The molecule has 0 bridgehead atoms. The van der Waals surface area contributed by atoms with Gasteiger partial charge in [-0.1, -0.05) is 0 Å². The number of nitrogens with zero attached hydrogens (tertiary/aromatic N) is 4. The van der Waals surface area contributed by atoms with E-state index in [0.29, 0.717) is 0 Å². The van der Waals surface area contributed by atoms with Crippen LogP contribution in [0.15, 0.2) is 12.7 Å². The van der Waals surface area contributed by atoms with Gasteiger partial charge in [0.2, 0.25) is 0 Å². The fraction of sp³-hybridized carbons (Fsp3) is 0.583. The van der Waals surface area contributed by atoms with Gasteiger partial charge in [-0.2, -0.15) is 4.31 Å². The summed E-state index contributed by atoms with van der Waals surface area (Å²) in [6.45, 7) is 0.370. The molecule has 0 saturated carbocycles. The van der Waals surface area contributed by atoms with Gasteiger partial charge in [-0.15, -0.1) is 0 Å². The Bertz CT molecular complexity index is 972. The molecule has 0 radical (unpaired) electrons. The van der Waals surface area contributed by atoms with Crippen LogP contribution < -0.4 is 5.73 Å². The molecule has 6 atom stereocenters. The van der Waals surface area contributed by atoms with Crippen molar-refractivity contribution >= 4 is 32.6 Å². The van der Waals surface area contributed by atoms with E-state index in [1.165, 1.54) is 24.1 Å². The first kappa shape index (κ1) is 22.2.